The topological polar surface area (TPSA) is 74.8 Å². The SMILES string of the molecule is CN=C(NCc1cccc(OCC(=O)NC2CC2)c1)NCC1(c2ccccc2)CCC1. The van der Waals surface area contributed by atoms with E-state index >= 15 is 0 Å². The zero-order valence-corrected chi connectivity index (χ0v) is 18.2. The molecule has 1 amide bonds. The van der Waals surface area contributed by atoms with E-state index in [4.69, 9.17) is 4.74 Å². The molecule has 0 saturated heterocycles. The third-order valence-electron chi connectivity index (χ3n) is 6.19. The Balaban J connectivity index is 1.26. The Bertz CT molecular complexity index is 905. The van der Waals surface area contributed by atoms with Gasteiger partial charge in [0.05, 0.1) is 0 Å². The summed E-state index contributed by atoms with van der Waals surface area (Å²) in [5, 5.41) is 9.84. The molecule has 0 aromatic heterocycles. The summed E-state index contributed by atoms with van der Waals surface area (Å²) in [4.78, 5) is 16.2. The van der Waals surface area contributed by atoms with Crippen LogP contribution in [0.5, 0.6) is 5.75 Å². The number of carbonyl (C=O) groups excluding carboxylic acids is 1. The first-order valence-corrected chi connectivity index (χ1v) is 11.2. The number of nitrogens with zero attached hydrogens (tertiary/aromatic N) is 1. The fourth-order valence-corrected chi connectivity index (χ4v) is 4.01. The van der Waals surface area contributed by atoms with Crippen LogP contribution in [0, 0.1) is 0 Å². The average molecular weight is 421 g/mol. The van der Waals surface area contributed by atoms with Crippen molar-refractivity contribution in [1.29, 1.82) is 0 Å². The summed E-state index contributed by atoms with van der Waals surface area (Å²) in [7, 11) is 1.79. The quantitative estimate of drug-likeness (QED) is 0.430. The molecule has 0 bridgehead atoms. The minimum absolute atomic E-state index is 0.0537. The minimum atomic E-state index is -0.0565. The van der Waals surface area contributed by atoms with Crippen molar-refractivity contribution in [1.82, 2.24) is 16.0 Å². The summed E-state index contributed by atoms with van der Waals surface area (Å²) in [6, 6.07) is 18.9. The minimum Gasteiger partial charge on any atom is -0.484 e. The molecular weight excluding hydrogens is 388 g/mol. The Morgan fingerprint density at radius 3 is 2.58 bits per heavy atom. The van der Waals surface area contributed by atoms with Crippen LogP contribution in [-0.4, -0.2) is 38.1 Å². The molecule has 164 valence electrons. The van der Waals surface area contributed by atoms with Gasteiger partial charge < -0.3 is 20.7 Å². The molecule has 4 rings (SSSR count). The van der Waals surface area contributed by atoms with E-state index in [9.17, 15) is 4.79 Å². The van der Waals surface area contributed by atoms with E-state index in [0.29, 0.717) is 18.3 Å². The van der Waals surface area contributed by atoms with Gasteiger partial charge in [0.1, 0.15) is 5.75 Å². The van der Waals surface area contributed by atoms with E-state index in [2.05, 4.69) is 51.3 Å². The normalized spacial score (nSPS) is 17.4. The van der Waals surface area contributed by atoms with Gasteiger partial charge in [-0.3, -0.25) is 9.79 Å². The fourth-order valence-electron chi connectivity index (χ4n) is 4.01. The van der Waals surface area contributed by atoms with Crippen molar-refractivity contribution in [2.45, 2.75) is 50.1 Å². The van der Waals surface area contributed by atoms with Crippen molar-refractivity contribution in [2.24, 2.45) is 4.99 Å². The van der Waals surface area contributed by atoms with Gasteiger partial charge in [-0.2, -0.15) is 0 Å². The number of nitrogens with one attached hydrogen (secondary N) is 3. The number of benzene rings is 2. The molecule has 2 aliphatic rings. The average Bonchev–Trinajstić information content (AvgIpc) is 3.58. The Labute approximate surface area is 184 Å². The summed E-state index contributed by atoms with van der Waals surface area (Å²) >= 11 is 0. The number of amides is 1. The first-order chi connectivity index (χ1) is 15.2. The monoisotopic (exact) mass is 420 g/mol. The van der Waals surface area contributed by atoms with Gasteiger partial charge in [-0.1, -0.05) is 48.9 Å². The van der Waals surface area contributed by atoms with Gasteiger partial charge in [0.2, 0.25) is 0 Å². The van der Waals surface area contributed by atoms with E-state index in [1.807, 2.05) is 24.3 Å². The van der Waals surface area contributed by atoms with Crippen LogP contribution in [0.2, 0.25) is 0 Å². The first kappa shape index (κ1) is 21.2. The molecule has 3 N–H and O–H groups in total. The van der Waals surface area contributed by atoms with Gasteiger partial charge in [0, 0.05) is 31.6 Å². The molecule has 2 aromatic carbocycles. The molecule has 31 heavy (non-hydrogen) atoms. The van der Waals surface area contributed by atoms with Crippen molar-refractivity contribution in [3.05, 3.63) is 65.7 Å². The van der Waals surface area contributed by atoms with Crippen LogP contribution >= 0.6 is 0 Å². The molecule has 0 aliphatic heterocycles. The summed E-state index contributed by atoms with van der Waals surface area (Å²) in [5.41, 5.74) is 2.68. The zero-order valence-electron chi connectivity index (χ0n) is 18.2. The summed E-state index contributed by atoms with van der Waals surface area (Å²) in [6.45, 7) is 1.55. The Morgan fingerprint density at radius 1 is 1.10 bits per heavy atom. The second-order valence-electron chi connectivity index (χ2n) is 8.56. The zero-order chi connectivity index (χ0) is 21.5. The lowest BCUT2D eigenvalue weighted by Gasteiger charge is -2.43. The maximum absolute atomic E-state index is 11.8. The van der Waals surface area contributed by atoms with Crippen LogP contribution in [0.3, 0.4) is 0 Å². The lowest BCUT2D eigenvalue weighted by atomic mass is 9.64. The van der Waals surface area contributed by atoms with Crippen LogP contribution in [0.1, 0.15) is 43.2 Å². The Kier molecular flexibility index (Phi) is 6.75. The number of aliphatic imine (C=N–C) groups is 1. The van der Waals surface area contributed by atoms with Crippen molar-refractivity contribution < 1.29 is 9.53 Å². The van der Waals surface area contributed by atoms with Gasteiger partial charge in [-0.05, 0) is 48.9 Å². The molecule has 0 spiro atoms. The molecule has 2 aliphatic carbocycles. The summed E-state index contributed by atoms with van der Waals surface area (Å²) in [5.74, 6) is 1.43. The fraction of sp³-hybridized carbons (Fsp3) is 0.440. The predicted octanol–water partition coefficient (Wildman–Crippen LogP) is 3.13. The van der Waals surface area contributed by atoms with E-state index in [0.717, 1.165) is 30.9 Å². The lowest BCUT2D eigenvalue weighted by molar-refractivity contribution is -0.123. The molecular formula is C25H32N4O2. The highest BCUT2D eigenvalue weighted by molar-refractivity contribution is 5.80. The van der Waals surface area contributed by atoms with Crippen LogP contribution in [0.4, 0.5) is 0 Å². The van der Waals surface area contributed by atoms with Gasteiger partial charge in [-0.25, -0.2) is 0 Å². The smallest absolute Gasteiger partial charge is 0.258 e. The largest absolute Gasteiger partial charge is 0.484 e. The second-order valence-corrected chi connectivity index (χ2v) is 8.56. The van der Waals surface area contributed by atoms with Gasteiger partial charge in [-0.15, -0.1) is 0 Å². The molecule has 0 atom stereocenters. The molecule has 2 fully saturated rings. The van der Waals surface area contributed by atoms with Gasteiger partial charge in [0.15, 0.2) is 12.6 Å². The number of guanidine groups is 1. The molecule has 0 heterocycles. The van der Waals surface area contributed by atoms with E-state index in [1.54, 1.807) is 7.05 Å². The third kappa shape index (κ3) is 5.78. The van der Waals surface area contributed by atoms with Gasteiger partial charge >= 0.3 is 0 Å². The number of hydrogen-bond acceptors (Lipinski definition) is 3. The number of ether oxygens (including phenoxy) is 1. The molecule has 6 heteroatoms. The number of rotatable bonds is 9. The molecule has 0 unspecified atom stereocenters. The van der Waals surface area contributed by atoms with E-state index in [1.165, 1.54) is 24.8 Å². The van der Waals surface area contributed by atoms with Crippen LogP contribution in [-0.2, 0) is 16.8 Å². The third-order valence-corrected chi connectivity index (χ3v) is 6.19. The summed E-state index contributed by atoms with van der Waals surface area (Å²) < 4.78 is 5.65. The lowest BCUT2D eigenvalue weighted by Crippen LogP contribution is -2.48. The highest BCUT2D eigenvalue weighted by atomic mass is 16.5. The summed E-state index contributed by atoms with van der Waals surface area (Å²) in [6.07, 6.45) is 5.83. The van der Waals surface area contributed by atoms with Crippen molar-refractivity contribution in [3.63, 3.8) is 0 Å². The second kappa shape index (κ2) is 9.86. The van der Waals surface area contributed by atoms with Crippen LogP contribution < -0.4 is 20.7 Å². The molecule has 2 aromatic rings. The van der Waals surface area contributed by atoms with Crippen LogP contribution in [0.15, 0.2) is 59.6 Å². The first-order valence-electron chi connectivity index (χ1n) is 11.2. The maximum Gasteiger partial charge on any atom is 0.258 e. The van der Waals surface area contributed by atoms with Crippen molar-refractivity contribution in [2.75, 3.05) is 20.2 Å². The molecule has 2 saturated carbocycles. The predicted molar refractivity (Wildman–Crippen MR) is 123 cm³/mol. The van der Waals surface area contributed by atoms with E-state index < -0.39 is 0 Å². The molecule has 6 nitrogen and oxygen atoms in total. The van der Waals surface area contributed by atoms with Crippen LogP contribution in [0.25, 0.3) is 0 Å². The highest BCUT2D eigenvalue weighted by Crippen LogP contribution is 2.43. The highest BCUT2D eigenvalue weighted by Gasteiger charge is 2.38. The Morgan fingerprint density at radius 2 is 1.90 bits per heavy atom. The Hall–Kier alpha value is -3.02. The standard InChI is InChI=1S/C25H32N4O2/c1-26-24(28-18-25(13-6-14-25)20-8-3-2-4-9-20)27-16-19-7-5-10-22(15-19)31-17-23(30)29-21-11-12-21/h2-5,7-10,15,21H,6,11-14,16-18H2,1H3,(H,29,30)(H2,26,27,28). The van der Waals surface area contributed by atoms with Crippen molar-refractivity contribution in [3.8, 4) is 5.75 Å². The van der Waals surface area contributed by atoms with E-state index in [-0.39, 0.29) is 17.9 Å². The number of hydrogen-bond donors (Lipinski definition) is 3. The van der Waals surface area contributed by atoms with Crippen molar-refractivity contribution >= 4 is 11.9 Å². The number of carbonyl (C=O) groups is 1. The van der Waals surface area contributed by atoms with Gasteiger partial charge in [0.25, 0.3) is 5.91 Å². The molecule has 0 radical (unpaired) electrons. The maximum atomic E-state index is 11.8.